The quantitative estimate of drug-likeness (QED) is 0.525. The molecule has 1 aliphatic carbocycles. The average molecular weight is 413 g/mol. The van der Waals surface area contributed by atoms with E-state index >= 15 is 0 Å². The molecule has 0 spiro atoms. The van der Waals surface area contributed by atoms with E-state index in [1.807, 2.05) is 0 Å². The summed E-state index contributed by atoms with van der Waals surface area (Å²) in [5.74, 6) is 0.776. The summed E-state index contributed by atoms with van der Waals surface area (Å²) < 4.78 is 6.47. The fourth-order valence-corrected chi connectivity index (χ4v) is 4.81. The van der Waals surface area contributed by atoms with Gasteiger partial charge in [-0.3, -0.25) is 5.32 Å². The van der Waals surface area contributed by atoms with Crippen molar-refractivity contribution in [2.24, 2.45) is 5.92 Å². The van der Waals surface area contributed by atoms with Crippen molar-refractivity contribution in [1.82, 2.24) is 10.6 Å². The summed E-state index contributed by atoms with van der Waals surface area (Å²) in [6.07, 6.45) is 3.91. The molecule has 1 heterocycles. The Balaban J connectivity index is 1.59. The smallest absolute Gasteiger partial charge is 0.0951 e. The molecule has 0 bridgehead atoms. The summed E-state index contributed by atoms with van der Waals surface area (Å²) in [4.78, 5) is 0. The number of hydrogen-bond donors (Lipinski definition) is 2. The number of benzene rings is 3. The van der Waals surface area contributed by atoms with Crippen molar-refractivity contribution in [1.29, 1.82) is 0 Å². The molecule has 3 aromatic rings. The minimum absolute atomic E-state index is 0.216. The van der Waals surface area contributed by atoms with Crippen molar-refractivity contribution in [2.75, 3.05) is 19.7 Å². The number of ether oxygens (including phenoxy) is 1. The van der Waals surface area contributed by atoms with Crippen LogP contribution < -0.4 is 10.6 Å². The molecule has 31 heavy (non-hydrogen) atoms. The van der Waals surface area contributed by atoms with Gasteiger partial charge in [0.2, 0.25) is 0 Å². The molecule has 1 aliphatic heterocycles. The maximum atomic E-state index is 6.47. The maximum Gasteiger partial charge on any atom is 0.0951 e. The Morgan fingerprint density at radius 2 is 1.26 bits per heavy atom. The highest BCUT2D eigenvalue weighted by atomic mass is 16.5. The van der Waals surface area contributed by atoms with Crippen LogP contribution in [0.15, 0.2) is 91.0 Å². The molecule has 2 N–H and O–H groups in total. The Labute approximate surface area is 185 Å². The topological polar surface area (TPSA) is 33.3 Å². The third kappa shape index (κ3) is 4.45. The van der Waals surface area contributed by atoms with Gasteiger partial charge in [-0.2, -0.15) is 0 Å². The molecule has 0 radical (unpaired) electrons. The number of piperidine rings is 1. The van der Waals surface area contributed by atoms with Gasteiger partial charge >= 0.3 is 0 Å². The SMILES string of the molecule is c1ccc(C(N[C@H]2CNCC[C@H]2OCC2CC2)(c2ccccc2)c2ccccc2)cc1. The average Bonchev–Trinajstić information content (AvgIpc) is 3.68. The Hall–Kier alpha value is -2.46. The normalized spacial score (nSPS) is 21.7. The summed E-state index contributed by atoms with van der Waals surface area (Å²) in [6.45, 7) is 2.82. The van der Waals surface area contributed by atoms with Crippen LogP contribution in [0.5, 0.6) is 0 Å². The third-order valence-corrected chi connectivity index (χ3v) is 6.68. The second kappa shape index (κ2) is 9.35. The van der Waals surface area contributed by atoms with Gasteiger partial charge in [-0.1, -0.05) is 91.0 Å². The van der Waals surface area contributed by atoms with Gasteiger partial charge in [0.1, 0.15) is 0 Å². The summed E-state index contributed by atoms with van der Waals surface area (Å²) in [6, 6.07) is 32.7. The van der Waals surface area contributed by atoms with Gasteiger partial charge in [0, 0.05) is 19.2 Å². The van der Waals surface area contributed by atoms with Gasteiger partial charge in [0.25, 0.3) is 0 Å². The fourth-order valence-electron chi connectivity index (χ4n) is 4.81. The molecular weight excluding hydrogens is 380 g/mol. The molecule has 2 atom stereocenters. The monoisotopic (exact) mass is 412 g/mol. The van der Waals surface area contributed by atoms with Crippen molar-refractivity contribution in [3.05, 3.63) is 108 Å². The van der Waals surface area contributed by atoms with Crippen LogP contribution >= 0.6 is 0 Å². The fraction of sp³-hybridized carbons (Fsp3) is 0.357. The lowest BCUT2D eigenvalue weighted by molar-refractivity contribution is -0.0000781. The zero-order chi connectivity index (χ0) is 20.9. The Morgan fingerprint density at radius 1 is 0.742 bits per heavy atom. The molecule has 0 amide bonds. The van der Waals surface area contributed by atoms with Gasteiger partial charge < -0.3 is 10.1 Å². The minimum atomic E-state index is -0.450. The molecule has 160 valence electrons. The first-order chi connectivity index (χ1) is 15.4. The molecule has 2 fully saturated rings. The largest absolute Gasteiger partial charge is 0.376 e. The van der Waals surface area contributed by atoms with Gasteiger partial charge in [-0.25, -0.2) is 0 Å². The molecule has 0 unspecified atom stereocenters. The number of hydrogen-bond acceptors (Lipinski definition) is 3. The van der Waals surface area contributed by atoms with Gasteiger partial charge in [0.15, 0.2) is 0 Å². The highest BCUT2D eigenvalue weighted by Gasteiger charge is 2.41. The molecule has 0 aromatic heterocycles. The first kappa shape index (κ1) is 20.4. The Morgan fingerprint density at radius 3 is 1.74 bits per heavy atom. The lowest BCUT2D eigenvalue weighted by atomic mass is 9.76. The predicted molar refractivity (Wildman–Crippen MR) is 126 cm³/mol. The second-order valence-corrected chi connectivity index (χ2v) is 8.91. The second-order valence-electron chi connectivity index (χ2n) is 8.91. The first-order valence-electron chi connectivity index (χ1n) is 11.6. The van der Waals surface area contributed by atoms with Crippen LogP contribution in [0.25, 0.3) is 0 Å². The van der Waals surface area contributed by atoms with Crippen LogP contribution in [0.2, 0.25) is 0 Å². The van der Waals surface area contributed by atoms with E-state index in [-0.39, 0.29) is 12.1 Å². The summed E-state index contributed by atoms with van der Waals surface area (Å²) in [5.41, 5.74) is 3.30. The Bertz CT molecular complexity index is 844. The molecule has 2 aliphatic rings. The van der Waals surface area contributed by atoms with Crippen LogP contribution in [-0.2, 0) is 10.3 Å². The van der Waals surface area contributed by atoms with Crippen molar-refractivity contribution >= 4 is 0 Å². The van der Waals surface area contributed by atoms with Gasteiger partial charge in [0.05, 0.1) is 11.6 Å². The highest BCUT2D eigenvalue weighted by Crippen LogP contribution is 2.38. The van der Waals surface area contributed by atoms with Gasteiger partial charge in [-0.15, -0.1) is 0 Å². The number of rotatable bonds is 8. The standard InChI is InChI=1S/C28H32N2O/c1-4-10-23(11-5-1)28(24-12-6-2-7-13-24,25-14-8-3-9-15-25)30-26-20-29-19-18-27(26)31-21-22-16-17-22/h1-15,22,26-27,29-30H,16-21H2/t26-,27+/m0/s1. The first-order valence-corrected chi connectivity index (χ1v) is 11.6. The van der Waals surface area contributed by atoms with Gasteiger partial charge in [-0.05, 0) is 48.4 Å². The van der Waals surface area contributed by atoms with Crippen LogP contribution in [0.3, 0.4) is 0 Å². The minimum Gasteiger partial charge on any atom is -0.376 e. The summed E-state index contributed by atoms with van der Waals surface area (Å²) >= 11 is 0. The summed E-state index contributed by atoms with van der Waals surface area (Å²) in [7, 11) is 0. The zero-order valence-corrected chi connectivity index (χ0v) is 18.0. The summed E-state index contributed by atoms with van der Waals surface area (Å²) in [5, 5.41) is 7.73. The van der Waals surface area contributed by atoms with E-state index < -0.39 is 5.54 Å². The third-order valence-electron chi connectivity index (χ3n) is 6.68. The van der Waals surface area contributed by atoms with Crippen molar-refractivity contribution in [3.63, 3.8) is 0 Å². The maximum absolute atomic E-state index is 6.47. The lowest BCUT2D eigenvalue weighted by Crippen LogP contribution is -2.60. The van der Waals surface area contributed by atoms with E-state index in [4.69, 9.17) is 4.74 Å². The van der Waals surface area contributed by atoms with Crippen molar-refractivity contribution in [2.45, 2.75) is 36.9 Å². The van der Waals surface area contributed by atoms with Crippen LogP contribution in [0.1, 0.15) is 36.0 Å². The molecule has 1 saturated carbocycles. The molecule has 1 saturated heterocycles. The van der Waals surface area contributed by atoms with Crippen molar-refractivity contribution < 1.29 is 4.74 Å². The zero-order valence-electron chi connectivity index (χ0n) is 18.0. The molecular formula is C28H32N2O. The van der Waals surface area contributed by atoms with E-state index in [1.165, 1.54) is 29.5 Å². The van der Waals surface area contributed by atoms with Crippen LogP contribution in [0.4, 0.5) is 0 Å². The molecule has 5 rings (SSSR count). The molecule has 3 aromatic carbocycles. The van der Waals surface area contributed by atoms with Crippen LogP contribution in [-0.4, -0.2) is 31.8 Å². The Kier molecular flexibility index (Phi) is 6.17. The highest BCUT2D eigenvalue weighted by molar-refractivity contribution is 5.49. The van der Waals surface area contributed by atoms with E-state index in [9.17, 15) is 0 Å². The molecule has 3 heteroatoms. The van der Waals surface area contributed by atoms with E-state index in [0.717, 1.165) is 32.0 Å². The van der Waals surface area contributed by atoms with Crippen molar-refractivity contribution in [3.8, 4) is 0 Å². The molecule has 3 nitrogen and oxygen atoms in total. The number of nitrogens with one attached hydrogen (secondary N) is 2. The van der Waals surface area contributed by atoms with Crippen LogP contribution in [0, 0.1) is 5.92 Å². The van der Waals surface area contributed by atoms with E-state index in [1.54, 1.807) is 0 Å². The van der Waals surface area contributed by atoms with E-state index in [2.05, 4.69) is 102 Å². The van der Waals surface area contributed by atoms with E-state index in [0.29, 0.717) is 0 Å². The predicted octanol–water partition coefficient (Wildman–Crippen LogP) is 4.73. The lowest BCUT2D eigenvalue weighted by Gasteiger charge is -2.43.